The largest absolute Gasteiger partial charge is 0.385 e. The third kappa shape index (κ3) is 3.95. The Morgan fingerprint density at radius 3 is 2.67 bits per heavy atom. The van der Waals surface area contributed by atoms with Gasteiger partial charge in [0, 0.05) is 17.9 Å². The standard InChI is InChI=1S/C14H21N3O/c15-14(18)17-13-8-4-7-12(9-13)16-10-11-5-2-1-3-6-11/h4,7-9,11,16H,1-3,5-6,10H2,(H3,15,17,18). The number of nitrogens with one attached hydrogen (secondary N) is 2. The van der Waals surface area contributed by atoms with Crippen molar-refractivity contribution >= 4 is 17.4 Å². The number of amides is 2. The number of hydrogen-bond donors (Lipinski definition) is 3. The average molecular weight is 247 g/mol. The summed E-state index contributed by atoms with van der Waals surface area (Å²) in [5.74, 6) is 0.784. The predicted octanol–water partition coefficient (Wildman–Crippen LogP) is 3.17. The van der Waals surface area contributed by atoms with Crippen molar-refractivity contribution in [1.29, 1.82) is 0 Å². The van der Waals surface area contributed by atoms with Crippen molar-refractivity contribution < 1.29 is 4.79 Å². The molecule has 2 amide bonds. The van der Waals surface area contributed by atoms with Crippen molar-refractivity contribution in [1.82, 2.24) is 0 Å². The van der Waals surface area contributed by atoms with E-state index in [2.05, 4.69) is 10.6 Å². The molecule has 18 heavy (non-hydrogen) atoms. The summed E-state index contributed by atoms with van der Waals surface area (Å²) in [4.78, 5) is 10.8. The molecule has 4 nitrogen and oxygen atoms in total. The lowest BCUT2D eigenvalue weighted by Crippen LogP contribution is -2.19. The van der Waals surface area contributed by atoms with E-state index in [-0.39, 0.29) is 0 Å². The fraction of sp³-hybridized carbons (Fsp3) is 0.500. The van der Waals surface area contributed by atoms with Gasteiger partial charge in [0.15, 0.2) is 0 Å². The molecule has 0 aromatic heterocycles. The van der Waals surface area contributed by atoms with Gasteiger partial charge in [-0.2, -0.15) is 0 Å². The van der Waals surface area contributed by atoms with Crippen molar-refractivity contribution in [3.05, 3.63) is 24.3 Å². The van der Waals surface area contributed by atoms with Gasteiger partial charge in [0.1, 0.15) is 0 Å². The van der Waals surface area contributed by atoms with Crippen LogP contribution in [0.25, 0.3) is 0 Å². The molecule has 1 aromatic carbocycles. The van der Waals surface area contributed by atoms with Crippen LogP contribution in [0.5, 0.6) is 0 Å². The van der Waals surface area contributed by atoms with Gasteiger partial charge in [-0.25, -0.2) is 4.79 Å². The smallest absolute Gasteiger partial charge is 0.316 e. The second-order valence-electron chi connectivity index (χ2n) is 4.95. The Kier molecular flexibility index (Phi) is 4.45. The van der Waals surface area contributed by atoms with E-state index in [1.165, 1.54) is 32.1 Å². The molecule has 1 fully saturated rings. The van der Waals surface area contributed by atoms with Crippen LogP contribution in [0.2, 0.25) is 0 Å². The van der Waals surface area contributed by atoms with E-state index in [1.807, 2.05) is 24.3 Å². The van der Waals surface area contributed by atoms with E-state index in [4.69, 9.17) is 5.73 Å². The second-order valence-corrected chi connectivity index (χ2v) is 4.95. The molecule has 0 unspecified atom stereocenters. The lowest BCUT2D eigenvalue weighted by molar-refractivity contribution is 0.259. The van der Waals surface area contributed by atoms with Gasteiger partial charge in [0.05, 0.1) is 0 Å². The summed E-state index contributed by atoms with van der Waals surface area (Å²) in [6.45, 7) is 1.01. The molecule has 1 aliphatic rings. The molecule has 0 aliphatic heterocycles. The maximum atomic E-state index is 10.8. The van der Waals surface area contributed by atoms with E-state index < -0.39 is 6.03 Å². The third-order valence-corrected chi connectivity index (χ3v) is 3.45. The van der Waals surface area contributed by atoms with Crippen LogP contribution in [0.1, 0.15) is 32.1 Å². The highest BCUT2D eigenvalue weighted by Crippen LogP contribution is 2.24. The summed E-state index contributed by atoms with van der Waals surface area (Å²) >= 11 is 0. The molecule has 0 atom stereocenters. The number of hydrogen-bond acceptors (Lipinski definition) is 2. The molecule has 1 saturated carbocycles. The summed E-state index contributed by atoms with van der Waals surface area (Å²) in [5, 5.41) is 6.02. The molecule has 1 aromatic rings. The first-order chi connectivity index (χ1) is 8.74. The number of rotatable bonds is 4. The van der Waals surface area contributed by atoms with Crippen LogP contribution in [-0.2, 0) is 0 Å². The van der Waals surface area contributed by atoms with E-state index in [1.54, 1.807) is 0 Å². The Balaban J connectivity index is 1.86. The lowest BCUT2D eigenvalue weighted by atomic mass is 9.89. The molecule has 0 radical (unpaired) electrons. The quantitative estimate of drug-likeness (QED) is 0.765. The van der Waals surface area contributed by atoms with Crippen LogP contribution in [0.15, 0.2) is 24.3 Å². The van der Waals surface area contributed by atoms with Gasteiger partial charge in [-0.05, 0) is 37.0 Å². The van der Waals surface area contributed by atoms with E-state index in [0.29, 0.717) is 0 Å². The Hall–Kier alpha value is -1.71. The topological polar surface area (TPSA) is 67.2 Å². The highest BCUT2D eigenvalue weighted by Gasteiger charge is 2.12. The SMILES string of the molecule is NC(=O)Nc1cccc(NCC2CCCCC2)c1. The number of benzene rings is 1. The normalized spacial score (nSPS) is 16.2. The molecule has 2 rings (SSSR count). The predicted molar refractivity (Wildman–Crippen MR) is 74.7 cm³/mol. The van der Waals surface area contributed by atoms with Gasteiger partial charge in [0.2, 0.25) is 0 Å². The summed E-state index contributed by atoms with van der Waals surface area (Å²) in [6, 6.07) is 7.13. The number of nitrogens with two attached hydrogens (primary N) is 1. The van der Waals surface area contributed by atoms with Gasteiger partial charge >= 0.3 is 6.03 Å². The summed E-state index contributed by atoms with van der Waals surface area (Å²) in [5.41, 5.74) is 6.86. The number of anilines is 2. The zero-order chi connectivity index (χ0) is 12.8. The second kappa shape index (κ2) is 6.28. The van der Waals surface area contributed by atoms with Crippen LogP contribution in [0.3, 0.4) is 0 Å². The van der Waals surface area contributed by atoms with Gasteiger partial charge < -0.3 is 16.4 Å². The van der Waals surface area contributed by atoms with Crippen molar-refractivity contribution in [3.63, 3.8) is 0 Å². The average Bonchev–Trinajstić information content (AvgIpc) is 2.37. The number of primary amides is 1. The van der Waals surface area contributed by atoms with Gasteiger partial charge in [-0.1, -0.05) is 25.3 Å². The monoisotopic (exact) mass is 247 g/mol. The highest BCUT2D eigenvalue weighted by atomic mass is 16.2. The maximum Gasteiger partial charge on any atom is 0.316 e. The fourth-order valence-electron chi connectivity index (χ4n) is 2.50. The minimum absolute atomic E-state index is 0.528. The van der Waals surface area contributed by atoms with E-state index in [9.17, 15) is 4.79 Å². The summed E-state index contributed by atoms with van der Waals surface area (Å²) in [7, 11) is 0. The molecule has 4 N–H and O–H groups in total. The molecule has 0 spiro atoms. The zero-order valence-electron chi connectivity index (χ0n) is 10.6. The molecule has 1 aliphatic carbocycles. The minimum atomic E-state index is -0.528. The number of urea groups is 1. The van der Waals surface area contributed by atoms with E-state index >= 15 is 0 Å². The zero-order valence-corrected chi connectivity index (χ0v) is 10.6. The van der Waals surface area contributed by atoms with E-state index in [0.717, 1.165) is 23.8 Å². The van der Waals surface area contributed by atoms with Gasteiger partial charge in [-0.3, -0.25) is 0 Å². The van der Waals surface area contributed by atoms with Crippen LogP contribution in [0, 0.1) is 5.92 Å². The van der Waals surface area contributed by atoms with Gasteiger partial charge in [0.25, 0.3) is 0 Å². The minimum Gasteiger partial charge on any atom is -0.385 e. The van der Waals surface area contributed by atoms with Crippen LogP contribution < -0.4 is 16.4 Å². The van der Waals surface area contributed by atoms with Gasteiger partial charge in [-0.15, -0.1) is 0 Å². The molecular weight excluding hydrogens is 226 g/mol. The fourth-order valence-corrected chi connectivity index (χ4v) is 2.50. The van der Waals surface area contributed by atoms with Crippen LogP contribution >= 0.6 is 0 Å². The Morgan fingerprint density at radius 2 is 1.94 bits per heavy atom. The third-order valence-electron chi connectivity index (χ3n) is 3.45. The Morgan fingerprint density at radius 1 is 1.22 bits per heavy atom. The molecule has 0 saturated heterocycles. The maximum absolute atomic E-state index is 10.8. The lowest BCUT2D eigenvalue weighted by Gasteiger charge is -2.22. The number of carbonyl (C=O) groups is 1. The first kappa shape index (κ1) is 12.7. The number of carbonyl (C=O) groups excluding carboxylic acids is 1. The van der Waals surface area contributed by atoms with Crippen molar-refractivity contribution in [2.75, 3.05) is 17.2 Å². The Bertz CT molecular complexity index is 400. The first-order valence-corrected chi connectivity index (χ1v) is 6.64. The summed E-state index contributed by atoms with van der Waals surface area (Å²) < 4.78 is 0. The highest BCUT2D eigenvalue weighted by molar-refractivity contribution is 5.88. The Labute approximate surface area is 108 Å². The van der Waals surface area contributed by atoms with Crippen molar-refractivity contribution in [3.8, 4) is 0 Å². The molecule has 4 heteroatoms. The molecular formula is C14H21N3O. The van der Waals surface area contributed by atoms with Crippen LogP contribution in [-0.4, -0.2) is 12.6 Å². The van der Waals surface area contributed by atoms with Crippen LogP contribution in [0.4, 0.5) is 16.2 Å². The first-order valence-electron chi connectivity index (χ1n) is 6.64. The molecule has 0 heterocycles. The van der Waals surface area contributed by atoms with Crippen molar-refractivity contribution in [2.24, 2.45) is 11.7 Å². The molecule has 98 valence electrons. The molecule has 0 bridgehead atoms. The van der Waals surface area contributed by atoms with Crippen molar-refractivity contribution in [2.45, 2.75) is 32.1 Å². The summed E-state index contributed by atoms with van der Waals surface area (Å²) in [6.07, 6.45) is 6.75.